The number of nitrogens with two attached hydrogens (primary N) is 1. The van der Waals surface area contributed by atoms with E-state index >= 15 is 0 Å². The summed E-state index contributed by atoms with van der Waals surface area (Å²) in [6.07, 6.45) is 1.54. The molecular weight excluding hydrogens is 386 g/mol. The predicted octanol–water partition coefficient (Wildman–Crippen LogP) is 4.04. The SMILES string of the molecule is CC(Sc1nnc(-c2ccco2)n1N)C(=O)Nc1ccccc1-c1ccccc1. The van der Waals surface area contributed by atoms with Crippen LogP contribution in [0.25, 0.3) is 22.7 Å². The van der Waals surface area contributed by atoms with E-state index in [4.69, 9.17) is 10.3 Å². The second-order valence-corrected chi connectivity index (χ2v) is 7.62. The molecule has 1 atom stereocenters. The van der Waals surface area contributed by atoms with Gasteiger partial charge in [-0.2, -0.15) is 0 Å². The van der Waals surface area contributed by atoms with Crippen LogP contribution in [-0.2, 0) is 4.79 Å². The lowest BCUT2D eigenvalue weighted by Crippen LogP contribution is -2.24. The van der Waals surface area contributed by atoms with Crippen molar-refractivity contribution in [3.8, 4) is 22.7 Å². The van der Waals surface area contributed by atoms with Crippen LogP contribution in [0.15, 0.2) is 82.6 Å². The third-order valence-corrected chi connectivity index (χ3v) is 5.38. The van der Waals surface area contributed by atoms with Crippen molar-refractivity contribution in [3.63, 3.8) is 0 Å². The lowest BCUT2D eigenvalue weighted by atomic mass is 10.0. The van der Waals surface area contributed by atoms with E-state index < -0.39 is 5.25 Å². The average Bonchev–Trinajstić information content (AvgIpc) is 3.39. The minimum absolute atomic E-state index is 0.152. The topological polar surface area (TPSA) is 99.0 Å². The molecule has 2 aromatic carbocycles. The molecule has 4 aromatic rings. The van der Waals surface area contributed by atoms with Crippen LogP contribution in [0.5, 0.6) is 0 Å². The van der Waals surface area contributed by atoms with Crippen LogP contribution in [-0.4, -0.2) is 26.0 Å². The van der Waals surface area contributed by atoms with Crippen molar-refractivity contribution in [1.82, 2.24) is 14.9 Å². The summed E-state index contributed by atoms with van der Waals surface area (Å²) in [7, 11) is 0. The smallest absolute Gasteiger partial charge is 0.237 e. The molecule has 1 amide bonds. The third-order valence-electron chi connectivity index (χ3n) is 4.33. The highest BCUT2D eigenvalue weighted by Crippen LogP contribution is 2.29. The number of benzene rings is 2. The minimum atomic E-state index is -0.435. The number of para-hydroxylation sites is 1. The zero-order valence-electron chi connectivity index (χ0n) is 15.6. The van der Waals surface area contributed by atoms with Crippen LogP contribution in [0.1, 0.15) is 6.92 Å². The number of hydrogen-bond acceptors (Lipinski definition) is 6. The normalized spacial score (nSPS) is 11.9. The maximum absolute atomic E-state index is 12.8. The number of thioether (sulfide) groups is 1. The standard InChI is InChI=1S/C21H19N5O2S/c1-14(29-21-25-24-19(26(21)22)18-12-7-13-28-18)20(27)23-17-11-6-5-10-16(17)15-8-3-2-4-9-15/h2-14H,22H2,1H3,(H,23,27). The van der Waals surface area contributed by atoms with Crippen molar-refractivity contribution in [1.29, 1.82) is 0 Å². The molecule has 0 bridgehead atoms. The van der Waals surface area contributed by atoms with Crippen LogP contribution >= 0.6 is 11.8 Å². The van der Waals surface area contributed by atoms with E-state index in [-0.39, 0.29) is 5.91 Å². The zero-order chi connectivity index (χ0) is 20.2. The first-order chi connectivity index (χ1) is 14.1. The maximum atomic E-state index is 12.8. The quantitative estimate of drug-likeness (QED) is 0.371. The van der Waals surface area contributed by atoms with E-state index in [1.165, 1.54) is 22.7 Å². The lowest BCUT2D eigenvalue weighted by Gasteiger charge is -2.14. The molecule has 0 aliphatic heterocycles. The van der Waals surface area contributed by atoms with Crippen molar-refractivity contribution in [2.45, 2.75) is 17.3 Å². The molecular formula is C21H19N5O2S. The molecule has 1 unspecified atom stereocenters. The van der Waals surface area contributed by atoms with Gasteiger partial charge in [0.2, 0.25) is 16.9 Å². The number of nitrogen functional groups attached to an aromatic ring is 1. The van der Waals surface area contributed by atoms with E-state index in [0.29, 0.717) is 16.7 Å². The fourth-order valence-corrected chi connectivity index (χ4v) is 3.61. The van der Waals surface area contributed by atoms with Crippen molar-refractivity contribution in [3.05, 3.63) is 73.0 Å². The number of carbonyl (C=O) groups is 1. The Morgan fingerprint density at radius 1 is 1.07 bits per heavy atom. The van der Waals surface area contributed by atoms with Gasteiger partial charge in [-0.25, -0.2) is 4.68 Å². The van der Waals surface area contributed by atoms with Gasteiger partial charge < -0.3 is 15.6 Å². The van der Waals surface area contributed by atoms with Gasteiger partial charge in [-0.15, -0.1) is 10.2 Å². The Balaban J connectivity index is 1.49. The summed E-state index contributed by atoms with van der Waals surface area (Å²) in [5.41, 5.74) is 2.75. The molecule has 0 fully saturated rings. The van der Waals surface area contributed by atoms with Crippen LogP contribution in [0.2, 0.25) is 0 Å². The van der Waals surface area contributed by atoms with E-state index in [0.717, 1.165) is 16.8 Å². The Morgan fingerprint density at radius 3 is 2.59 bits per heavy atom. The summed E-state index contributed by atoms with van der Waals surface area (Å²) in [5, 5.41) is 11.1. The molecule has 0 saturated carbocycles. The van der Waals surface area contributed by atoms with Gasteiger partial charge in [0.05, 0.1) is 11.5 Å². The van der Waals surface area contributed by atoms with Gasteiger partial charge in [0.25, 0.3) is 0 Å². The predicted molar refractivity (Wildman–Crippen MR) is 114 cm³/mol. The minimum Gasteiger partial charge on any atom is -0.461 e. The van der Waals surface area contributed by atoms with Crippen molar-refractivity contribution < 1.29 is 9.21 Å². The average molecular weight is 405 g/mol. The Labute approximate surface area is 171 Å². The molecule has 2 aromatic heterocycles. The Kier molecular flexibility index (Phi) is 5.35. The number of nitrogens with zero attached hydrogens (tertiary/aromatic N) is 3. The van der Waals surface area contributed by atoms with E-state index in [9.17, 15) is 4.79 Å². The number of carbonyl (C=O) groups excluding carboxylic acids is 1. The van der Waals surface area contributed by atoms with Crippen molar-refractivity contribution in [2.75, 3.05) is 11.2 Å². The molecule has 0 aliphatic carbocycles. The monoisotopic (exact) mass is 405 g/mol. The number of amides is 1. The first kappa shape index (κ1) is 18.8. The number of aromatic nitrogens is 3. The summed E-state index contributed by atoms with van der Waals surface area (Å²) < 4.78 is 6.63. The summed E-state index contributed by atoms with van der Waals surface area (Å²) in [5.74, 6) is 6.84. The summed E-state index contributed by atoms with van der Waals surface area (Å²) in [6.45, 7) is 1.80. The summed E-state index contributed by atoms with van der Waals surface area (Å²) in [4.78, 5) is 12.8. The summed E-state index contributed by atoms with van der Waals surface area (Å²) >= 11 is 1.23. The zero-order valence-corrected chi connectivity index (χ0v) is 16.5. The van der Waals surface area contributed by atoms with Gasteiger partial charge in [-0.05, 0) is 30.7 Å². The lowest BCUT2D eigenvalue weighted by molar-refractivity contribution is -0.115. The van der Waals surface area contributed by atoms with Crippen molar-refractivity contribution in [2.24, 2.45) is 0 Å². The third kappa shape index (κ3) is 4.02. The molecule has 0 aliphatic rings. The molecule has 2 heterocycles. The Morgan fingerprint density at radius 2 is 1.83 bits per heavy atom. The fraction of sp³-hybridized carbons (Fsp3) is 0.0952. The number of nitrogens with one attached hydrogen (secondary N) is 1. The largest absolute Gasteiger partial charge is 0.461 e. The van der Waals surface area contributed by atoms with Gasteiger partial charge in [0.15, 0.2) is 5.76 Å². The second kappa shape index (κ2) is 8.24. The second-order valence-electron chi connectivity index (χ2n) is 6.31. The van der Waals surface area contributed by atoms with Gasteiger partial charge in [0.1, 0.15) is 0 Å². The van der Waals surface area contributed by atoms with E-state index in [2.05, 4.69) is 15.5 Å². The first-order valence-corrected chi connectivity index (χ1v) is 9.88. The van der Waals surface area contributed by atoms with Crippen LogP contribution < -0.4 is 11.2 Å². The Hall–Kier alpha value is -3.52. The number of anilines is 1. The molecule has 0 radical (unpaired) electrons. The molecule has 3 N–H and O–H groups in total. The number of hydrogen-bond donors (Lipinski definition) is 2. The van der Waals surface area contributed by atoms with E-state index in [1.807, 2.05) is 54.6 Å². The molecule has 0 saturated heterocycles. The van der Waals surface area contributed by atoms with Crippen LogP contribution in [0.3, 0.4) is 0 Å². The highest BCUT2D eigenvalue weighted by molar-refractivity contribution is 8.00. The molecule has 0 spiro atoms. The Bertz CT molecular complexity index is 1110. The molecule has 146 valence electrons. The molecule has 8 heteroatoms. The van der Waals surface area contributed by atoms with Gasteiger partial charge in [-0.1, -0.05) is 60.3 Å². The van der Waals surface area contributed by atoms with Crippen molar-refractivity contribution >= 4 is 23.4 Å². The van der Waals surface area contributed by atoms with Crippen LogP contribution in [0, 0.1) is 0 Å². The highest BCUT2D eigenvalue weighted by Gasteiger charge is 2.21. The number of rotatable bonds is 6. The fourth-order valence-electron chi connectivity index (χ4n) is 2.84. The molecule has 7 nitrogen and oxygen atoms in total. The molecule has 29 heavy (non-hydrogen) atoms. The highest BCUT2D eigenvalue weighted by atomic mass is 32.2. The first-order valence-electron chi connectivity index (χ1n) is 9.00. The summed E-state index contributed by atoms with van der Waals surface area (Å²) in [6, 6.07) is 21.1. The molecule has 4 rings (SSSR count). The van der Waals surface area contributed by atoms with Gasteiger partial charge >= 0.3 is 0 Å². The van der Waals surface area contributed by atoms with Crippen LogP contribution in [0.4, 0.5) is 5.69 Å². The van der Waals surface area contributed by atoms with Gasteiger partial charge in [0, 0.05) is 11.3 Å². The maximum Gasteiger partial charge on any atom is 0.237 e. The number of furan rings is 1. The van der Waals surface area contributed by atoms with Gasteiger partial charge in [-0.3, -0.25) is 4.79 Å². The van der Waals surface area contributed by atoms with E-state index in [1.54, 1.807) is 19.1 Å².